The maximum atomic E-state index is 5.30. The Balaban J connectivity index is 1.42. The first kappa shape index (κ1) is 24.1. The molecule has 0 amide bonds. The summed E-state index contributed by atoms with van der Waals surface area (Å²) in [5.74, 6) is 0.896. The molecule has 0 unspecified atom stereocenters. The van der Waals surface area contributed by atoms with Crippen LogP contribution in [0.3, 0.4) is 0 Å². The van der Waals surface area contributed by atoms with Crippen LogP contribution in [0.4, 0.5) is 0 Å². The van der Waals surface area contributed by atoms with Gasteiger partial charge in [-0.15, -0.1) is 0 Å². The lowest BCUT2D eigenvalue weighted by molar-refractivity contribution is 0.767. The van der Waals surface area contributed by atoms with E-state index in [4.69, 9.17) is 9.97 Å². The Bertz CT molecular complexity index is 2310. The molecular formula is C40H27N3. The summed E-state index contributed by atoms with van der Waals surface area (Å²) in [7, 11) is 0. The summed E-state index contributed by atoms with van der Waals surface area (Å²) in [6.07, 6.45) is 0. The van der Waals surface area contributed by atoms with Gasteiger partial charge in [-0.05, 0) is 70.6 Å². The molecule has 0 saturated heterocycles. The Morgan fingerprint density at radius 3 is 1.88 bits per heavy atom. The molecular weight excluding hydrogens is 522 g/mol. The van der Waals surface area contributed by atoms with Gasteiger partial charge in [0, 0.05) is 10.9 Å². The molecule has 0 saturated carbocycles. The van der Waals surface area contributed by atoms with Gasteiger partial charge in [-0.2, -0.15) is 0 Å². The van der Waals surface area contributed by atoms with Gasteiger partial charge in [0.15, 0.2) is 0 Å². The summed E-state index contributed by atoms with van der Waals surface area (Å²) < 4.78 is 2.23. The molecule has 202 valence electrons. The highest BCUT2D eigenvalue weighted by Crippen LogP contribution is 2.57. The number of hydrogen-bond acceptors (Lipinski definition) is 2. The molecule has 9 rings (SSSR count). The molecule has 3 nitrogen and oxygen atoms in total. The largest absolute Gasteiger partial charge is 0.276 e. The van der Waals surface area contributed by atoms with Crippen molar-refractivity contribution in [1.29, 1.82) is 0 Å². The molecule has 3 heteroatoms. The van der Waals surface area contributed by atoms with Gasteiger partial charge in [-0.1, -0.05) is 121 Å². The van der Waals surface area contributed by atoms with Gasteiger partial charge in [-0.25, -0.2) is 9.97 Å². The van der Waals surface area contributed by atoms with E-state index in [1.54, 1.807) is 0 Å². The van der Waals surface area contributed by atoms with Crippen LogP contribution in [0.1, 0.15) is 27.8 Å². The Labute approximate surface area is 249 Å². The summed E-state index contributed by atoms with van der Waals surface area (Å²) in [6.45, 7) is 2.19. The van der Waals surface area contributed by atoms with Crippen molar-refractivity contribution in [3.05, 3.63) is 173 Å². The minimum absolute atomic E-state index is 0.470. The van der Waals surface area contributed by atoms with E-state index in [2.05, 4.69) is 151 Å². The van der Waals surface area contributed by atoms with Crippen LogP contribution in [-0.4, -0.2) is 14.4 Å². The third-order valence-electron chi connectivity index (χ3n) is 9.11. The standard InChI is InChI=1S/C40H27N3/c1-26-20-22-30-31-23-21-27(38-41-35-17-9-8-16-32(35)39-42-36-18-10-11-19-37(36)43(38)39)25-34(31)40(33(30)24-26,28-12-4-2-5-13-28)29-14-6-3-7-15-29/h2-25H,1H3. The van der Waals surface area contributed by atoms with E-state index in [9.17, 15) is 0 Å². The van der Waals surface area contributed by atoms with E-state index in [1.807, 2.05) is 6.07 Å². The Morgan fingerprint density at radius 1 is 0.535 bits per heavy atom. The van der Waals surface area contributed by atoms with Gasteiger partial charge in [0.05, 0.1) is 22.0 Å². The van der Waals surface area contributed by atoms with Gasteiger partial charge in [-0.3, -0.25) is 4.40 Å². The highest BCUT2D eigenvalue weighted by atomic mass is 15.1. The van der Waals surface area contributed by atoms with E-state index < -0.39 is 5.41 Å². The van der Waals surface area contributed by atoms with Crippen molar-refractivity contribution < 1.29 is 0 Å². The monoisotopic (exact) mass is 549 g/mol. The second kappa shape index (κ2) is 8.98. The van der Waals surface area contributed by atoms with Crippen LogP contribution >= 0.6 is 0 Å². The topological polar surface area (TPSA) is 30.2 Å². The fourth-order valence-electron chi connectivity index (χ4n) is 7.28. The molecule has 2 heterocycles. The molecule has 43 heavy (non-hydrogen) atoms. The smallest absolute Gasteiger partial charge is 0.149 e. The third kappa shape index (κ3) is 3.30. The molecule has 0 fully saturated rings. The van der Waals surface area contributed by atoms with Crippen molar-refractivity contribution in [1.82, 2.24) is 14.4 Å². The summed E-state index contributed by atoms with van der Waals surface area (Å²) in [4.78, 5) is 10.4. The molecule has 0 bridgehead atoms. The first-order valence-corrected chi connectivity index (χ1v) is 14.8. The summed E-state index contributed by atoms with van der Waals surface area (Å²) in [5, 5.41) is 1.05. The number of aromatic nitrogens is 3. The third-order valence-corrected chi connectivity index (χ3v) is 9.11. The molecule has 0 aliphatic heterocycles. The first-order valence-electron chi connectivity index (χ1n) is 14.8. The van der Waals surface area contributed by atoms with Crippen molar-refractivity contribution in [2.45, 2.75) is 12.3 Å². The van der Waals surface area contributed by atoms with Gasteiger partial charge >= 0.3 is 0 Å². The van der Waals surface area contributed by atoms with Gasteiger partial charge < -0.3 is 0 Å². The van der Waals surface area contributed by atoms with Gasteiger partial charge in [0.2, 0.25) is 0 Å². The number of rotatable bonds is 3. The van der Waals surface area contributed by atoms with Crippen LogP contribution in [0.5, 0.6) is 0 Å². The summed E-state index contributed by atoms with van der Waals surface area (Å²) in [6, 6.07) is 52.4. The van der Waals surface area contributed by atoms with Crippen LogP contribution < -0.4 is 0 Å². The van der Waals surface area contributed by atoms with E-state index in [1.165, 1.54) is 38.9 Å². The second-order valence-corrected chi connectivity index (χ2v) is 11.5. The van der Waals surface area contributed by atoms with Crippen LogP contribution in [0.2, 0.25) is 0 Å². The minimum atomic E-state index is -0.470. The molecule has 1 aliphatic carbocycles. The lowest BCUT2D eigenvalue weighted by atomic mass is 9.67. The maximum Gasteiger partial charge on any atom is 0.149 e. The number of nitrogens with zero attached hydrogens (tertiary/aromatic N) is 3. The minimum Gasteiger partial charge on any atom is -0.276 e. The van der Waals surface area contributed by atoms with Gasteiger partial charge in [0.1, 0.15) is 11.5 Å². The molecule has 1 aliphatic rings. The molecule has 8 aromatic rings. The number of para-hydroxylation sites is 3. The zero-order chi connectivity index (χ0) is 28.5. The van der Waals surface area contributed by atoms with Crippen molar-refractivity contribution in [2.75, 3.05) is 0 Å². The highest BCUT2D eigenvalue weighted by Gasteiger charge is 2.46. The quantitative estimate of drug-likeness (QED) is 0.220. The lowest BCUT2D eigenvalue weighted by Gasteiger charge is -2.34. The van der Waals surface area contributed by atoms with E-state index in [0.717, 1.165) is 39.0 Å². The van der Waals surface area contributed by atoms with Crippen molar-refractivity contribution in [3.8, 4) is 22.5 Å². The predicted molar refractivity (Wildman–Crippen MR) is 175 cm³/mol. The SMILES string of the molecule is Cc1ccc2c(c1)C(c1ccccc1)(c1ccccc1)c1cc(-c3nc4ccccc4c4nc5ccccc5n34)ccc1-2. The maximum absolute atomic E-state index is 5.30. The molecule has 0 atom stereocenters. The van der Waals surface area contributed by atoms with Crippen LogP contribution in [0, 0.1) is 6.92 Å². The van der Waals surface area contributed by atoms with Crippen molar-refractivity contribution in [3.63, 3.8) is 0 Å². The fraction of sp³-hybridized carbons (Fsp3) is 0.0500. The Hall–Kier alpha value is -5.54. The summed E-state index contributed by atoms with van der Waals surface area (Å²) >= 11 is 0. The first-order chi connectivity index (χ1) is 21.2. The molecule has 2 aromatic heterocycles. The lowest BCUT2D eigenvalue weighted by Crippen LogP contribution is -2.28. The van der Waals surface area contributed by atoms with Gasteiger partial charge in [0.25, 0.3) is 0 Å². The number of hydrogen-bond donors (Lipinski definition) is 0. The molecule has 0 spiro atoms. The average molecular weight is 550 g/mol. The van der Waals surface area contributed by atoms with E-state index in [-0.39, 0.29) is 0 Å². The number of benzene rings is 6. The predicted octanol–water partition coefficient (Wildman–Crippen LogP) is 9.37. The Morgan fingerprint density at radius 2 is 1.14 bits per heavy atom. The molecule has 0 N–H and O–H groups in total. The molecule has 6 aromatic carbocycles. The van der Waals surface area contributed by atoms with Crippen LogP contribution in [-0.2, 0) is 5.41 Å². The van der Waals surface area contributed by atoms with Crippen LogP contribution in [0.15, 0.2) is 146 Å². The zero-order valence-corrected chi connectivity index (χ0v) is 23.7. The Kier molecular flexibility index (Phi) is 5.03. The van der Waals surface area contributed by atoms with E-state index in [0.29, 0.717) is 0 Å². The highest BCUT2D eigenvalue weighted by molar-refractivity contribution is 5.98. The van der Waals surface area contributed by atoms with Crippen molar-refractivity contribution in [2.24, 2.45) is 0 Å². The number of fused-ring (bicyclic) bond motifs is 8. The fourth-order valence-corrected chi connectivity index (χ4v) is 7.28. The normalized spacial score (nSPS) is 13.4. The second-order valence-electron chi connectivity index (χ2n) is 11.5. The zero-order valence-electron chi connectivity index (χ0n) is 23.7. The van der Waals surface area contributed by atoms with E-state index >= 15 is 0 Å². The molecule has 0 radical (unpaired) electrons. The van der Waals surface area contributed by atoms with Crippen LogP contribution in [0.25, 0.3) is 50.1 Å². The van der Waals surface area contributed by atoms with Crippen molar-refractivity contribution >= 4 is 27.6 Å². The number of aryl methyl sites for hydroxylation is 1. The summed E-state index contributed by atoms with van der Waals surface area (Å²) in [5.41, 5.74) is 13.4. The number of imidazole rings is 1. The average Bonchev–Trinajstić information content (AvgIpc) is 3.59.